The molecule has 0 saturated carbocycles. The Morgan fingerprint density at radius 1 is 1.35 bits per heavy atom. The van der Waals surface area contributed by atoms with E-state index < -0.39 is 23.6 Å². The molecule has 1 aliphatic heterocycles. The van der Waals surface area contributed by atoms with Crippen LogP contribution in [0.5, 0.6) is 0 Å². The molecule has 17 heavy (non-hydrogen) atoms. The van der Waals surface area contributed by atoms with E-state index in [9.17, 15) is 13.6 Å². The molecule has 92 valence electrons. The standard InChI is InChI=1S/C12H14F2N2O/c13-8-2-1-3-9(14)11(8)7-4-5-16-10(6-7)12(15)17/h1-3,7,10,16H,4-6H2,(H2,15,17). The summed E-state index contributed by atoms with van der Waals surface area (Å²) >= 11 is 0. The van der Waals surface area contributed by atoms with Crippen LogP contribution in [0.2, 0.25) is 0 Å². The Bertz CT molecular complexity index is 416. The van der Waals surface area contributed by atoms with Gasteiger partial charge in [0.25, 0.3) is 0 Å². The summed E-state index contributed by atoms with van der Waals surface area (Å²) in [6.45, 7) is 0.534. The Morgan fingerprint density at radius 2 is 2.00 bits per heavy atom. The van der Waals surface area contributed by atoms with E-state index >= 15 is 0 Å². The first-order valence-electron chi connectivity index (χ1n) is 5.56. The highest BCUT2D eigenvalue weighted by Gasteiger charge is 2.29. The van der Waals surface area contributed by atoms with E-state index in [2.05, 4.69) is 5.32 Å². The summed E-state index contributed by atoms with van der Waals surface area (Å²) in [5, 5.41) is 2.94. The molecule has 1 amide bonds. The third kappa shape index (κ3) is 2.44. The fourth-order valence-corrected chi connectivity index (χ4v) is 2.30. The summed E-state index contributed by atoms with van der Waals surface area (Å²) in [4.78, 5) is 11.1. The van der Waals surface area contributed by atoms with Crippen molar-refractivity contribution in [2.24, 2.45) is 5.73 Å². The van der Waals surface area contributed by atoms with Crippen LogP contribution in [-0.2, 0) is 4.79 Å². The topological polar surface area (TPSA) is 55.1 Å². The molecule has 1 aromatic carbocycles. The predicted octanol–water partition coefficient (Wildman–Crippen LogP) is 1.29. The number of primary amides is 1. The number of hydrogen-bond donors (Lipinski definition) is 2. The second-order valence-corrected chi connectivity index (χ2v) is 4.27. The maximum Gasteiger partial charge on any atom is 0.234 e. The van der Waals surface area contributed by atoms with Gasteiger partial charge in [0.05, 0.1) is 6.04 Å². The lowest BCUT2D eigenvalue weighted by atomic mass is 9.85. The van der Waals surface area contributed by atoms with Crippen molar-refractivity contribution in [3.63, 3.8) is 0 Å². The maximum absolute atomic E-state index is 13.6. The van der Waals surface area contributed by atoms with Gasteiger partial charge in [0.2, 0.25) is 5.91 Å². The molecule has 0 aliphatic carbocycles. The fourth-order valence-electron chi connectivity index (χ4n) is 2.30. The number of nitrogens with two attached hydrogens (primary N) is 1. The maximum atomic E-state index is 13.6. The van der Waals surface area contributed by atoms with Crippen molar-refractivity contribution in [3.8, 4) is 0 Å². The third-order valence-electron chi connectivity index (χ3n) is 3.16. The molecule has 1 saturated heterocycles. The van der Waals surface area contributed by atoms with Gasteiger partial charge in [-0.3, -0.25) is 4.79 Å². The molecule has 0 bridgehead atoms. The van der Waals surface area contributed by atoms with Crippen molar-refractivity contribution in [2.45, 2.75) is 24.8 Å². The first-order valence-corrected chi connectivity index (χ1v) is 5.56. The van der Waals surface area contributed by atoms with Gasteiger partial charge in [-0.25, -0.2) is 8.78 Å². The van der Waals surface area contributed by atoms with Crippen molar-refractivity contribution in [1.82, 2.24) is 5.32 Å². The van der Waals surface area contributed by atoms with Crippen LogP contribution in [0.15, 0.2) is 18.2 Å². The van der Waals surface area contributed by atoms with Crippen LogP contribution in [0.3, 0.4) is 0 Å². The summed E-state index contributed by atoms with van der Waals surface area (Å²) in [6, 6.07) is 3.30. The monoisotopic (exact) mass is 240 g/mol. The number of carbonyl (C=O) groups is 1. The average molecular weight is 240 g/mol. The second-order valence-electron chi connectivity index (χ2n) is 4.27. The molecule has 1 aromatic rings. The van der Waals surface area contributed by atoms with Crippen molar-refractivity contribution >= 4 is 5.91 Å². The van der Waals surface area contributed by atoms with Gasteiger partial charge >= 0.3 is 0 Å². The van der Waals surface area contributed by atoms with Crippen LogP contribution in [0.4, 0.5) is 8.78 Å². The number of rotatable bonds is 2. The SMILES string of the molecule is NC(=O)C1CC(c2c(F)cccc2F)CCN1. The number of halogens is 2. The summed E-state index contributed by atoms with van der Waals surface area (Å²) in [5.74, 6) is -1.89. The zero-order valence-corrected chi connectivity index (χ0v) is 9.25. The van der Waals surface area contributed by atoms with Crippen molar-refractivity contribution in [1.29, 1.82) is 0 Å². The number of nitrogens with one attached hydrogen (secondary N) is 1. The molecular formula is C12H14F2N2O. The van der Waals surface area contributed by atoms with Crippen molar-refractivity contribution < 1.29 is 13.6 Å². The van der Waals surface area contributed by atoms with Gasteiger partial charge in [0.1, 0.15) is 11.6 Å². The minimum Gasteiger partial charge on any atom is -0.368 e. The summed E-state index contributed by atoms with van der Waals surface area (Å²) in [6.07, 6.45) is 0.939. The number of piperidine rings is 1. The van der Waals surface area contributed by atoms with Gasteiger partial charge in [-0.05, 0) is 37.4 Å². The highest BCUT2D eigenvalue weighted by atomic mass is 19.1. The Balaban J connectivity index is 2.25. The lowest BCUT2D eigenvalue weighted by molar-refractivity contribution is -0.120. The summed E-state index contributed by atoms with van der Waals surface area (Å²) < 4.78 is 27.2. The smallest absolute Gasteiger partial charge is 0.234 e. The highest BCUT2D eigenvalue weighted by Crippen LogP contribution is 2.31. The number of amides is 1. The lowest BCUT2D eigenvalue weighted by Gasteiger charge is -2.29. The highest BCUT2D eigenvalue weighted by molar-refractivity contribution is 5.80. The Kier molecular flexibility index (Phi) is 3.38. The van der Waals surface area contributed by atoms with Gasteiger partial charge < -0.3 is 11.1 Å². The number of hydrogen-bond acceptors (Lipinski definition) is 2. The van der Waals surface area contributed by atoms with Gasteiger partial charge in [-0.15, -0.1) is 0 Å². The van der Waals surface area contributed by atoms with Crippen molar-refractivity contribution in [3.05, 3.63) is 35.4 Å². The van der Waals surface area contributed by atoms with Crippen molar-refractivity contribution in [2.75, 3.05) is 6.54 Å². The van der Waals surface area contributed by atoms with E-state index in [1.807, 2.05) is 0 Å². The first kappa shape index (κ1) is 12.0. The third-order valence-corrected chi connectivity index (χ3v) is 3.16. The van der Waals surface area contributed by atoms with Gasteiger partial charge in [0, 0.05) is 5.56 Å². The number of benzene rings is 1. The minimum absolute atomic E-state index is 0.0697. The molecule has 1 fully saturated rings. The molecule has 0 aromatic heterocycles. The Hall–Kier alpha value is -1.49. The molecule has 2 unspecified atom stereocenters. The van der Waals surface area contributed by atoms with E-state index in [-0.39, 0.29) is 11.5 Å². The Labute approximate surface area is 98.0 Å². The fraction of sp³-hybridized carbons (Fsp3) is 0.417. The second kappa shape index (κ2) is 4.79. The van der Waals surface area contributed by atoms with Crippen LogP contribution >= 0.6 is 0 Å². The zero-order valence-electron chi connectivity index (χ0n) is 9.25. The molecular weight excluding hydrogens is 226 g/mol. The molecule has 1 heterocycles. The van der Waals surface area contributed by atoms with E-state index in [0.717, 1.165) is 0 Å². The average Bonchev–Trinajstić information content (AvgIpc) is 2.29. The molecule has 3 nitrogen and oxygen atoms in total. The molecule has 0 radical (unpaired) electrons. The molecule has 0 spiro atoms. The molecule has 5 heteroatoms. The van der Waals surface area contributed by atoms with Crippen LogP contribution < -0.4 is 11.1 Å². The van der Waals surface area contributed by atoms with E-state index in [1.165, 1.54) is 18.2 Å². The number of carbonyl (C=O) groups excluding carboxylic acids is 1. The van der Waals surface area contributed by atoms with E-state index in [0.29, 0.717) is 19.4 Å². The molecule has 3 N–H and O–H groups in total. The molecule has 2 rings (SSSR count). The van der Waals surface area contributed by atoms with Gasteiger partial charge in [0.15, 0.2) is 0 Å². The van der Waals surface area contributed by atoms with Crippen LogP contribution in [0.25, 0.3) is 0 Å². The van der Waals surface area contributed by atoms with E-state index in [1.54, 1.807) is 0 Å². The van der Waals surface area contributed by atoms with Gasteiger partial charge in [-0.1, -0.05) is 6.07 Å². The van der Waals surface area contributed by atoms with Crippen LogP contribution in [-0.4, -0.2) is 18.5 Å². The van der Waals surface area contributed by atoms with Gasteiger partial charge in [-0.2, -0.15) is 0 Å². The molecule has 1 aliphatic rings. The lowest BCUT2D eigenvalue weighted by Crippen LogP contribution is -2.46. The van der Waals surface area contributed by atoms with Crippen LogP contribution in [0, 0.1) is 11.6 Å². The first-order chi connectivity index (χ1) is 8.09. The summed E-state index contributed by atoms with van der Waals surface area (Å²) in [7, 11) is 0. The quantitative estimate of drug-likeness (QED) is 0.818. The Morgan fingerprint density at radius 3 is 2.59 bits per heavy atom. The van der Waals surface area contributed by atoms with Crippen LogP contribution in [0.1, 0.15) is 24.3 Å². The molecule has 2 atom stereocenters. The predicted molar refractivity (Wildman–Crippen MR) is 59.3 cm³/mol. The normalized spacial score (nSPS) is 24.6. The summed E-state index contributed by atoms with van der Waals surface area (Å²) in [5.41, 5.74) is 5.26. The zero-order chi connectivity index (χ0) is 12.4. The van der Waals surface area contributed by atoms with E-state index in [4.69, 9.17) is 5.73 Å². The minimum atomic E-state index is -0.555. The largest absolute Gasteiger partial charge is 0.368 e.